The summed E-state index contributed by atoms with van der Waals surface area (Å²) in [6, 6.07) is 14.3. The number of nitrogens with zero attached hydrogens (tertiary/aromatic N) is 2. The maximum absolute atomic E-state index is 13.3. The highest BCUT2D eigenvalue weighted by Crippen LogP contribution is 2.23. The first kappa shape index (κ1) is 24.9. The Labute approximate surface area is 205 Å². The number of aromatic amines is 1. The van der Waals surface area contributed by atoms with Crippen LogP contribution in [0.3, 0.4) is 0 Å². The zero-order valence-electron chi connectivity index (χ0n) is 20.4. The van der Waals surface area contributed by atoms with Crippen LogP contribution < -0.4 is 21.9 Å². The maximum atomic E-state index is 13.3. The van der Waals surface area contributed by atoms with Crippen LogP contribution in [0.4, 0.5) is 15.9 Å². The first-order valence-corrected chi connectivity index (χ1v) is 12.4. The molecule has 1 aromatic heterocycles. The molecular weight excluding hydrogens is 445 g/mol. The van der Waals surface area contributed by atoms with E-state index in [0.29, 0.717) is 18.8 Å². The van der Waals surface area contributed by atoms with Gasteiger partial charge in [0.1, 0.15) is 11.6 Å². The summed E-state index contributed by atoms with van der Waals surface area (Å²) >= 11 is 0. The van der Waals surface area contributed by atoms with Crippen LogP contribution in [0.2, 0.25) is 0 Å². The molecule has 35 heavy (non-hydrogen) atoms. The van der Waals surface area contributed by atoms with E-state index in [-0.39, 0.29) is 17.4 Å². The Kier molecular flexibility index (Phi) is 8.15. The van der Waals surface area contributed by atoms with Crippen LogP contribution in [0.25, 0.3) is 0 Å². The van der Waals surface area contributed by atoms with E-state index in [1.165, 1.54) is 33.9 Å². The lowest BCUT2D eigenvalue weighted by Crippen LogP contribution is -2.46. The van der Waals surface area contributed by atoms with Crippen molar-refractivity contribution in [1.82, 2.24) is 19.8 Å². The molecule has 2 aromatic carbocycles. The molecule has 1 fully saturated rings. The van der Waals surface area contributed by atoms with E-state index in [0.717, 1.165) is 50.3 Å². The van der Waals surface area contributed by atoms with Crippen molar-refractivity contribution in [3.8, 4) is 0 Å². The summed E-state index contributed by atoms with van der Waals surface area (Å²) in [7, 11) is 0. The summed E-state index contributed by atoms with van der Waals surface area (Å²) in [5.41, 5.74) is 3.64. The Hall–Kier alpha value is -3.23. The number of anilines is 2. The largest absolute Gasteiger partial charge is 0.342 e. The van der Waals surface area contributed by atoms with Crippen molar-refractivity contribution in [2.45, 2.75) is 45.7 Å². The Bertz CT molecular complexity index is 1220. The van der Waals surface area contributed by atoms with Crippen molar-refractivity contribution in [1.29, 1.82) is 0 Å². The van der Waals surface area contributed by atoms with E-state index in [1.54, 1.807) is 0 Å². The SMILES string of the molecule is CCc1cc(Nc2cc(=O)n(CCCCN3CCNCC3c3ccc(F)cc3)c(=O)[nH]2)ccc1C. The highest BCUT2D eigenvalue weighted by atomic mass is 19.1. The van der Waals surface area contributed by atoms with Crippen LogP contribution in [0, 0.1) is 12.7 Å². The molecule has 2 heterocycles. The first-order chi connectivity index (χ1) is 16.9. The molecule has 1 aliphatic rings. The molecule has 3 aromatic rings. The van der Waals surface area contributed by atoms with Crippen LogP contribution in [-0.2, 0) is 13.0 Å². The van der Waals surface area contributed by atoms with E-state index in [9.17, 15) is 14.0 Å². The second-order valence-electron chi connectivity index (χ2n) is 9.11. The second-order valence-corrected chi connectivity index (χ2v) is 9.11. The number of hydrogen-bond donors (Lipinski definition) is 3. The molecule has 1 unspecified atom stereocenters. The Morgan fingerprint density at radius 1 is 1.06 bits per heavy atom. The Morgan fingerprint density at radius 3 is 2.57 bits per heavy atom. The fourth-order valence-electron chi connectivity index (χ4n) is 4.70. The molecule has 8 heteroatoms. The van der Waals surface area contributed by atoms with Crippen molar-refractivity contribution < 1.29 is 4.39 Å². The third kappa shape index (κ3) is 6.26. The topological polar surface area (TPSA) is 82.2 Å². The van der Waals surface area contributed by atoms with Gasteiger partial charge in [0, 0.05) is 44.0 Å². The zero-order valence-corrected chi connectivity index (χ0v) is 20.4. The van der Waals surface area contributed by atoms with Crippen LogP contribution >= 0.6 is 0 Å². The molecule has 0 bridgehead atoms. The fourth-order valence-corrected chi connectivity index (χ4v) is 4.70. The van der Waals surface area contributed by atoms with Crippen molar-refractivity contribution in [2.24, 2.45) is 0 Å². The molecule has 7 nitrogen and oxygen atoms in total. The summed E-state index contributed by atoms with van der Waals surface area (Å²) in [5, 5.41) is 6.55. The van der Waals surface area contributed by atoms with Crippen LogP contribution in [0.1, 0.15) is 42.5 Å². The number of rotatable bonds is 9. The van der Waals surface area contributed by atoms with Gasteiger partial charge in [0.2, 0.25) is 0 Å². The number of hydrogen-bond acceptors (Lipinski definition) is 5. The van der Waals surface area contributed by atoms with E-state index < -0.39 is 5.69 Å². The molecule has 1 saturated heterocycles. The number of nitrogens with one attached hydrogen (secondary N) is 3. The summed E-state index contributed by atoms with van der Waals surface area (Å²) in [6.45, 7) is 8.01. The average Bonchev–Trinajstić information content (AvgIpc) is 2.85. The number of H-pyrrole nitrogens is 1. The summed E-state index contributed by atoms with van der Waals surface area (Å²) < 4.78 is 14.6. The number of halogens is 1. The molecule has 3 N–H and O–H groups in total. The first-order valence-electron chi connectivity index (χ1n) is 12.4. The Balaban J connectivity index is 1.34. The van der Waals surface area contributed by atoms with Gasteiger partial charge >= 0.3 is 5.69 Å². The van der Waals surface area contributed by atoms with Gasteiger partial charge in [-0.3, -0.25) is 19.2 Å². The van der Waals surface area contributed by atoms with Crippen molar-refractivity contribution in [3.05, 3.63) is 91.9 Å². The minimum Gasteiger partial charge on any atom is -0.342 e. The zero-order chi connectivity index (χ0) is 24.8. The molecule has 0 saturated carbocycles. The predicted octanol–water partition coefficient (Wildman–Crippen LogP) is 3.72. The fraction of sp³-hybridized carbons (Fsp3) is 0.407. The third-order valence-electron chi connectivity index (χ3n) is 6.72. The van der Waals surface area contributed by atoms with Crippen LogP contribution in [0.5, 0.6) is 0 Å². The standard InChI is InChI=1S/C27H34FN5O2/c1-3-20-16-23(11-6-19(20)2)30-25-17-26(34)33(27(35)31-25)14-5-4-13-32-15-12-29-18-24(32)21-7-9-22(28)10-8-21/h6-11,16-17,24,29-30H,3-5,12-15,18H2,1-2H3,(H,31,35). The Morgan fingerprint density at radius 2 is 1.83 bits per heavy atom. The second kappa shape index (κ2) is 11.5. The number of piperazine rings is 1. The molecule has 0 spiro atoms. The summed E-state index contributed by atoms with van der Waals surface area (Å²) in [4.78, 5) is 30.4. The van der Waals surface area contributed by atoms with E-state index in [1.807, 2.05) is 30.3 Å². The molecule has 186 valence electrons. The lowest BCUT2D eigenvalue weighted by molar-refractivity contribution is 0.158. The van der Waals surface area contributed by atoms with Gasteiger partial charge in [-0.15, -0.1) is 0 Å². The maximum Gasteiger partial charge on any atom is 0.329 e. The molecule has 1 aliphatic heterocycles. The van der Waals surface area contributed by atoms with Gasteiger partial charge in [-0.05, 0) is 73.7 Å². The van der Waals surface area contributed by atoms with Crippen molar-refractivity contribution >= 4 is 11.5 Å². The normalized spacial score (nSPS) is 16.4. The predicted molar refractivity (Wildman–Crippen MR) is 138 cm³/mol. The third-order valence-corrected chi connectivity index (χ3v) is 6.72. The van der Waals surface area contributed by atoms with Crippen molar-refractivity contribution in [3.63, 3.8) is 0 Å². The van der Waals surface area contributed by atoms with Gasteiger partial charge in [-0.2, -0.15) is 0 Å². The van der Waals surface area contributed by atoms with Gasteiger partial charge in [0.15, 0.2) is 0 Å². The monoisotopic (exact) mass is 479 g/mol. The van der Waals surface area contributed by atoms with E-state index in [2.05, 4.69) is 34.4 Å². The molecule has 4 rings (SSSR count). The molecule has 1 atom stereocenters. The van der Waals surface area contributed by atoms with E-state index >= 15 is 0 Å². The van der Waals surface area contributed by atoms with Gasteiger partial charge in [0.25, 0.3) is 5.56 Å². The minimum absolute atomic E-state index is 0.191. The molecule has 0 aliphatic carbocycles. The van der Waals surface area contributed by atoms with Gasteiger partial charge in [-0.25, -0.2) is 9.18 Å². The number of aromatic nitrogens is 2. The summed E-state index contributed by atoms with van der Waals surface area (Å²) in [5.74, 6) is 0.163. The smallest absolute Gasteiger partial charge is 0.329 e. The molecular formula is C27H34FN5O2. The highest BCUT2D eigenvalue weighted by Gasteiger charge is 2.23. The number of aryl methyl sites for hydroxylation is 2. The number of unbranched alkanes of at least 4 members (excludes halogenated alkanes) is 1. The quantitative estimate of drug-likeness (QED) is 0.408. The lowest BCUT2D eigenvalue weighted by atomic mass is 10.0. The van der Waals surface area contributed by atoms with E-state index in [4.69, 9.17) is 0 Å². The van der Waals surface area contributed by atoms with Crippen molar-refractivity contribution in [2.75, 3.05) is 31.5 Å². The lowest BCUT2D eigenvalue weighted by Gasteiger charge is -2.36. The van der Waals surface area contributed by atoms with Crippen LogP contribution in [0.15, 0.2) is 58.1 Å². The van der Waals surface area contributed by atoms with Crippen LogP contribution in [-0.4, -0.2) is 40.6 Å². The number of benzene rings is 2. The average molecular weight is 480 g/mol. The van der Waals surface area contributed by atoms with Gasteiger partial charge < -0.3 is 10.6 Å². The highest BCUT2D eigenvalue weighted by molar-refractivity contribution is 5.57. The molecule has 0 amide bonds. The summed E-state index contributed by atoms with van der Waals surface area (Å²) in [6.07, 6.45) is 2.48. The van der Waals surface area contributed by atoms with Gasteiger partial charge in [-0.1, -0.05) is 25.1 Å². The minimum atomic E-state index is -0.408. The molecule has 0 radical (unpaired) electrons. The van der Waals surface area contributed by atoms with Gasteiger partial charge in [0.05, 0.1) is 0 Å².